The maximum absolute atomic E-state index is 4.28. The second kappa shape index (κ2) is 4.30. The maximum Gasteiger partial charge on any atom is 0.0679 e. The number of nitrogens with zero attached hydrogens (tertiary/aromatic N) is 2. The van der Waals surface area contributed by atoms with Crippen LogP contribution in [0.1, 0.15) is 12.5 Å². The summed E-state index contributed by atoms with van der Waals surface area (Å²) >= 11 is 0. The molecule has 90 valence electrons. The second-order valence-corrected chi connectivity index (χ2v) is 4.60. The summed E-state index contributed by atoms with van der Waals surface area (Å²) in [5.41, 5.74) is 5.08. The Labute approximate surface area is 107 Å². The fourth-order valence-corrected chi connectivity index (χ4v) is 2.31. The second-order valence-electron chi connectivity index (χ2n) is 4.60. The molecule has 0 amide bonds. The first kappa shape index (κ1) is 11.0. The van der Waals surface area contributed by atoms with Gasteiger partial charge in [-0.1, -0.05) is 37.3 Å². The van der Waals surface area contributed by atoms with Gasteiger partial charge in [0, 0.05) is 12.4 Å². The monoisotopic (exact) mass is 236 g/mol. The zero-order valence-corrected chi connectivity index (χ0v) is 10.7. The van der Waals surface area contributed by atoms with E-state index in [-0.39, 0.29) is 0 Å². The van der Waals surface area contributed by atoms with Gasteiger partial charge in [-0.25, -0.2) is 0 Å². The van der Waals surface area contributed by atoms with Crippen molar-refractivity contribution in [1.82, 2.24) is 9.78 Å². The average Bonchev–Trinajstić information content (AvgIpc) is 2.80. The van der Waals surface area contributed by atoms with Gasteiger partial charge < -0.3 is 0 Å². The lowest BCUT2D eigenvalue weighted by atomic mass is 10.0. The van der Waals surface area contributed by atoms with Gasteiger partial charge in [0.15, 0.2) is 0 Å². The van der Waals surface area contributed by atoms with E-state index in [0.717, 1.165) is 6.42 Å². The summed E-state index contributed by atoms with van der Waals surface area (Å²) in [5.74, 6) is 0. The van der Waals surface area contributed by atoms with Crippen LogP contribution in [-0.2, 0) is 13.5 Å². The number of hydrogen-bond donors (Lipinski definition) is 0. The first-order valence-electron chi connectivity index (χ1n) is 6.29. The Morgan fingerprint density at radius 2 is 1.89 bits per heavy atom. The molecule has 0 spiro atoms. The third-order valence-corrected chi connectivity index (χ3v) is 3.41. The summed E-state index contributed by atoms with van der Waals surface area (Å²) < 4.78 is 1.90. The van der Waals surface area contributed by atoms with Crippen molar-refractivity contribution in [3.63, 3.8) is 0 Å². The molecule has 1 heterocycles. The average molecular weight is 236 g/mol. The predicted octanol–water partition coefficient (Wildman–Crippen LogP) is 3.80. The van der Waals surface area contributed by atoms with Gasteiger partial charge >= 0.3 is 0 Å². The molecule has 0 saturated heterocycles. The number of aryl methyl sites for hydroxylation is 2. The van der Waals surface area contributed by atoms with E-state index in [0.29, 0.717) is 0 Å². The van der Waals surface area contributed by atoms with Gasteiger partial charge in [-0.15, -0.1) is 0 Å². The number of aromatic nitrogens is 2. The highest BCUT2D eigenvalue weighted by molar-refractivity contribution is 5.84. The molecule has 1 aromatic heterocycles. The summed E-state index contributed by atoms with van der Waals surface area (Å²) in [6, 6.07) is 15.2. The van der Waals surface area contributed by atoms with Crippen molar-refractivity contribution in [3.8, 4) is 11.1 Å². The first-order valence-corrected chi connectivity index (χ1v) is 6.29. The van der Waals surface area contributed by atoms with E-state index in [9.17, 15) is 0 Å². The molecule has 0 aliphatic heterocycles. The van der Waals surface area contributed by atoms with Crippen molar-refractivity contribution in [2.75, 3.05) is 0 Å². The van der Waals surface area contributed by atoms with Gasteiger partial charge in [0.2, 0.25) is 0 Å². The molecule has 0 saturated carbocycles. The summed E-state index contributed by atoms with van der Waals surface area (Å²) in [4.78, 5) is 0. The topological polar surface area (TPSA) is 17.8 Å². The first-order chi connectivity index (χ1) is 8.78. The van der Waals surface area contributed by atoms with E-state index in [2.05, 4.69) is 54.5 Å². The standard InChI is InChI=1S/C16H16N2/c1-3-12-5-4-6-13(9-12)14-7-8-16-15(10-14)11-17-18(16)2/h4-11H,3H2,1-2H3. The minimum Gasteiger partial charge on any atom is -0.268 e. The lowest BCUT2D eigenvalue weighted by molar-refractivity contribution is 0.797. The summed E-state index contributed by atoms with van der Waals surface area (Å²) in [5, 5.41) is 5.47. The molecule has 0 N–H and O–H groups in total. The van der Waals surface area contributed by atoms with Gasteiger partial charge in [-0.2, -0.15) is 5.10 Å². The lowest BCUT2D eigenvalue weighted by Gasteiger charge is -2.04. The minimum atomic E-state index is 1.07. The Hall–Kier alpha value is -2.09. The molecule has 0 aliphatic rings. The number of rotatable bonds is 2. The van der Waals surface area contributed by atoms with Crippen molar-refractivity contribution >= 4 is 10.9 Å². The van der Waals surface area contributed by atoms with E-state index >= 15 is 0 Å². The smallest absolute Gasteiger partial charge is 0.0679 e. The fourth-order valence-electron chi connectivity index (χ4n) is 2.31. The van der Waals surface area contributed by atoms with Gasteiger partial charge in [-0.05, 0) is 35.2 Å². The highest BCUT2D eigenvalue weighted by Gasteiger charge is 2.03. The van der Waals surface area contributed by atoms with E-state index in [4.69, 9.17) is 0 Å². The molecule has 0 unspecified atom stereocenters. The van der Waals surface area contributed by atoms with Crippen LogP contribution in [-0.4, -0.2) is 9.78 Å². The van der Waals surface area contributed by atoms with Crippen LogP contribution in [0.5, 0.6) is 0 Å². The largest absolute Gasteiger partial charge is 0.268 e. The highest BCUT2D eigenvalue weighted by Crippen LogP contribution is 2.24. The van der Waals surface area contributed by atoms with Gasteiger partial charge in [-0.3, -0.25) is 4.68 Å². The lowest BCUT2D eigenvalue weighted by Crippen LogP contribution is -1.88. The normalized spacial score (nSPS) is 11.0. The summed E-state index contributed by atoms with van der Waals surface area (Å²) in [6.07, 6.45) is 2.99. The molecule has 0 bridgehead atoms. The molecule has 0 fully saturated rings. The predicted molar refractivity (Wildman–Crippen MR) is 75.5 cm³/mol. The van der Waals surface area contributed by atoms with E-state index in [1.54, 1.807) is 0 Å². The van der Waals surface area contributed by atoms with Crippen molar-refractivity contribution in [2.24, 2.45) is 7.05 Å². The van der Waals surface area contributed by atoms with Crippen molar-refractivity contribution in [3.05, 3.63) is 54.2 Å². The minimum absolute atomic E-state index is 1.07. The molecule has 3 aromatic rings. The van der Waals surface area contributed by atoms with E-state index < -0.39 is 0 Å². The Bertz CT molecular complexity index is 695. The number of fused-ring (bicyclic) bond motifs is 1. The van der Waals surface area contributed by atoms with Crippen LogP contribution in [0.25, 0.3) is 22.0 Å². The van der Waals surface area contributed by atoms with Gasteiger partial charge in [0.1, 0.15) is 0 Å². The van der Waals surface area contributed by atoms with Gasteiger partial charge in [0.05, 0.1) is 11.7 Å². The molecule has 18 heavy (non-hydrogen) atoms. The van der Waals surface area contributed by atoms with Crippen LogP contribution in [0.4, 0.5) is 0 Å². The van der Waals surface area contributed by atoms with Crippen LogP contribution in [0.3, 0.4) is 0 Å². The van der Waals surface area contributed by atoms with Crippen molar-refractivity contribution in [2.45, 2.75) is 13.3 Å². The Balaban J connectivity index is 2.13. The third kappa shape index (κ3) is 1.80. The highest BCUT2D eigenvalue weighted by atomic mass is 15.2. The fraction of sp³-hybridized carbons (Fsp3) is 0.188. The molecule has 0 radical (unpaired) electrons. The van der Waals surface area contributed by atoms with Crippen LogP contribution in [0, 0.1) is 0 Å². The Morgan fingerprint density at radius 3 is 2.72 bits per heavy atom. The molecular weight excluding hydrogens is 220 g/mol. The number of hydrogen-bond acceptors (Lipinski definition) is 1. The van der Waals surface area contributed by atoms with E-state index in [1.807, 2.05) is 17.9 Å². The molecule has 2 nitrogen and oxygen atoms in total. The SMILES string of the molecule is CCc1cccc(-c2ccc3c(cnn3C)c2)c1. The molecule has 3 rings (SSSR count). The van der Waals surface area contributed by atoms with Crippen molar-refractivity contribution < 1.29 is 0 Å². The van der Waals surface area contributed by atoms with Gasteiger partial charge in [0.25, 0.3) is 0 Å². The molecule has 0 atom stereocenters. The number of benzene rings is 2. The van der Waals surface area contributed by atoms with E-state index in [1.165, 1.54) is 27.6 Å². The van der Waals surface area contributed by atoms with Crippen LogP contribution >= 0.6 is 0 Å². The Morgan fingerprint density at radius 1 is 1.06 bits per heavy atom. The van der Waals surface area contributed by atoms with Crippen molar-refractivity contribution in [1.29, 1.82) is 0 Å². The summed E-state index contributed by atoms with van der Waals surface area (Å²) in [6.45, 7) is 2.18. The van der Waals surface area contributed by atoms with Crippen LogP contribution < -0.4 is 0 Å². The van der Waals surface area contributed by atoms with Crippen LogP contribution in [0.2, 0.25) is 0 Å². The molecule has 2 heteroatoms. The quantitative estimate of drug-likeness (QED) is 0.661. The maximum atomic E-state index is 4.28. The third-order valence-electron chi connectivity index (χ3n) is 3.41. The Kier molecular flexibility index (Phi) is 2.63. The zero-order chi connectivity index (χ0) is 12.5. The van der Waals surface area contributed by atoms with Crippen LogP contribution in [0.15, 0.2) is 48.7 Å². The zero-order valence-electron chi connectivity index (χ0n) is 10.7. The molecule has 0 aliphatic carbocycles. The summed E-state index contributed by atoms with van der Waals surface area (Å²) in [7, 11) is 1.97. The molecular formula is C16H16N2. The molecule has 2 aromatic carbocycles.